The molecule has 0 spiro atoms. The van der Waals surface area contributed by atoms with Crippen molar-refractivity contribution >= 4 is 40.1 Å². The van der Waals surface area contributed by atoms with Gasteiger partial charge in [-0.15, -0.1) is 0 Å². The van der Waals surface area contributed by atoms with Crippen molar-refractivity contribution in [2.45, 2.75) is 33.6 Å². The lowest BCUT2D eigenvalue weighted by atomic mass is 9.69. The maximum Gasteiger partial charge on any atom is 0.0725 e. The van der Waals surface area contributed by atoms with E-state index in [1.807, 2.05) is 48.5 Å². The molecule has 0 unspecified atom stereocenters. The summed E-state index contributed by atoms with van der Waals surface area (Å²) >= 11 is 6.03. The molecule has 0 radical (unpaired) electrons. The monoisotopic (exact) mass is 404 g/mol. The minimum atomic E-state index is -1.14. The van der Waals surface area contributed by atoms with Gasteiger partial charge in [0.2, 0.25) is 0 Å². The van der Waals surface area contributed by atoms with Crippen LogP contribution in [0.1, 0.15) is 54.4 Å². The van der Waals surface area contributed by atoms with Crippen molar-refractivity contribution in [2.24, 2.45) is 11.3 Å². The van der Waals surface area contributed by atoms with E-state index >= 15 is 0 Å². The lowest BCUT2D eigenvalue weighted by Gasteiger charge is -2.37. The first-order valence-electron chi connectivity index (χ1n) is 9.83. The molecule has 1 atom stereocenters. The SMILES string of the molecule is CC(C)(C)[C@H]1C/C(=C\c2ccc(Cl)cc2)c2nc3ccccc3c(C(=O)[O-])c2C1. The smallest absolute Gasteiger partial charge is 0.0725 e. The van der Waals surface area contributed by atoms with Crippen molar-refractivity contribution in [1.82, 2.24) is 4.98 Å². The van der Waals surface area contributed by atoms with Crippen LogP contribution in [0.3, 0.4) is 0 Å². The summed E-state index contributed by atoms with van der Waals surface area (Å²) in [6.45, 7) is 6.61. The molecule has 1 heterocycles. The van der Waals surface area contributed by atoms with Gasteiger partial charge in [-0.25, -0.2) is 4.98 Å². The molecule has 0 fully saturated rings. The fourth-order valence-electron chi connectivity index (χ4n) is 4.13. The Morgan fingerprint density at radius 1 is 1.10 bits per heavy atom. The first-order chi connectivity index (χ1) is 13.7. The third kappa shape index (κ3) is 3.79. The summed E-state index contributed by atoms with van der Waals surface area (Å²) in [5.41, 5.74) is 4.64. The highest BCUT2D eigenvalue weighted by Gasteiger charge is 2.33. The van der Waals surface area contributed by atoms with Gasteiger partial charge >= 0.3 is 0 Å². The van der Waals surface area contributed by atoms with Crippen LogP contribution in [-0.4, -0.2) is 11.0 Å². The molecule has 0 saturated heterocycles. The fourth-order valence-corrected chi connectivity index (χ4v) is 4.26. The normalized spacial score (nSPS) is 18.1. The quantitative estimate of drug-likeness (QED) is 0.574. The molecule has 148 valence electrons. The molecular formula is C25H23ClNO2-. The Labute approximate surface area is 176 Å². The predicted octanol–water partition coefficient (Wildman–Crippen LogP) is 5.40. The van der Waals surface area contributed by atoms with E-state index in [0.29, 0.717) is 28.3 Å². The van der Waals surface area contributed by atoms with Gasteiger partial charge in [-0.05, 0) is 65.1 Å². The third-order valence-electron chi connectivity index (χ3n) is 5.85. The van der Waals surface area contributed by atoms with Gasteiger partial charge in [-0.3, -0.25) is 0 Å². The summed E-state index contributed by atoms with van der Waals surface area (Å²) in [6.07, 6.45) is 3.63. The Morgan fingerprint density at radius 2 is 1.79 bits per heavy atom. The van der Waals surface area contributed by atoms with Crippen LogP contribution in [0.4, 0.5) is 0 Å². The summed E-state index contributed by atoms with van der Waals surface area (Å²) in [7, 11) is 0. The molecule has 0 amide bonds. The van der Waals surface area contributed by atoms with Gasteiger partial charge in [0.15, 0.2) is 0 Å². The first kappa shape index (κ1) is 19.7. The van der Waals surface area contributed by atoms with Gasteiger partial charge < -0.3 is 9.90 Å². The molecule has 1 aliphatic rings. The van der Waals surface area contributed by atoms with Crippen LogP contribution < -0.4 is 5.11 Å². The molecule has 0 saturated carbocycles. The van der Waals surface area contributed by atoms with Gasteiger partial charge in [0.1, 0.15) is 0 Å². The average molecular weight is 405 g/mol. The van der Waals surface area contributed by atoms with E-state index in [1.54, 1.807) is 0 Å². The van der Waals surface area contributed by atoms with E-state index in [1.165, 1.54) is 0 Å². The van der Waals surface area contributed by atoms with E-state index < -0.39 is 5.97 Å². The number of carboxylic acids is 1. The molecule has 0 aliphatic heterocycles. The number of fused-ring (bicyclic) bond motifs is 2. The molecule has 4 rings (SSSR count). The molecule has 3 nitrogen and oxygen atoms in total. The maximum atomic E-state index is 12.2. The first-order valence-corrected chi connectivity index (χ1v) is 10.2. The highest BCUT2D eigenvalue weighted by atomic mass is 35.5. The van der Waals surface area contributed by atoms with E-state index in [9.17, 15) is 9.90 Å². The minimum absolute atomic E-state index is 0.0334. The summed E-state index contributed by atoms with van der Waals surface area (Å²) in [5.74, 6) is -0.838. The van der Waals surface area contributed by atoms with Gasteiger partial charge in [0.25, 0.3) is 0 Å². The van der Waals surface area contributed by atoms with Crippen molar-refractivity contribution in [3.05, 3.63) is 75.9 Å². The lowest BCUT2D eigenvalue weighted by molar-refractivity contribution is -0.254. The number of carbonyl (C=O) groups is 1. The number of para-hydroxylation sites is 1. The number of pyridine rings is 1. The molecule has 2 aromatic carbocycles. The molecule has 0 bridgehead atoms. The fraction of sp³-hybridized carbons (Fsp3) is 0.280. The molecule has 1 aromatic heterocycles. The zero-order valence-corrected chi connectivity index (χ0v) is 17.6. The van der Waals surface area contributed by atoms with Crippen LogP contribution in [0.5, 0.6) is 0 Å². The Hall–Kier alpha value is -2.65. The number of carboxylic acid groups (broad SMARTS) is 1. The second-order valence-corrected chi connectivity index (χ2v) is 9.25. The van der Waals surface area contributed by atoms with E-state index in [0.717, 1.165) is 28.8 Å². The number of hydrogen-bond acceptors (Lipinski definition) is 3. The number of carbonyl (C=O) groups excluding carboxylic acids is 1. The molecule has 0 N–H and O–H groups in total. The van der Waals surface area contributed by atoms with Crippen LogP contribution in [0.15, 0.2) is 48.5 Å². The molecule has 4 heteroatoms. The number of hydrogen-bond donors (Lipinski definition) is 0. The molecule has 1 aliphatic carbocycles. The number of halogens is 1. The zero-order chi connectivity index (χ0) is 20.8. The number of benzene rings is 2. The second-order valence-electron chi connectivity index (χ2n) is 8.81. The highest BCUT2D eigenvalue weighted by Crippen LogP contribution is 2.44. The Kier molecular flexibility index (Phi) is 4.95. The summed E-state index contributed by atoms with van der Waals surface area (Å²) < 4.78 is 0. The Balaban J connectivity index is 1.99. The molecular weight excluding hydrogens is 382 g/mol. The van der Waals surface area contributed by atoms with Crippen molar-refractivity contribution in [2.75, 3.05) is 0 Å². The number of allylic oxidation sites excluding steroid dienone is 1. The van der Waals surface area contributed by atoms with E-state index in [2.05, 4.69) is 26.8 Å². The topological polar surface area (TPSA) is 53.0 Å². The number of rotatable bonds is 2. The number of aromatic nitrogens is 1. The highest BCUT2D eigenvalue weighted by molar-refractivity contribution is 6.30. The van der Waals surface area contributed by atoms with Crippen LogP contribution in [-0.2, 0) is 6.42 Å². The largest absolute Gasteiger partial charge is 0.545 e. The Bertz CT molecular complexity index is 1120. The zero-order valence-electron chi connectivity index (χ0n) is 16.8. The van der Waals surface area contributed by atoms with Crippen LogP contribution in [0.2, 0.25) is 5.02 Å². The lowest BCUT2D eigenvalue weighted by Crippen LogP contribution is -2.31. The van der Waals surface area contributed by atoms with Crippen LogP contribution >= 0.6 is 11.6 Å². The van der Waals surface area contributed by atoms with Crippen molar-refractivity contribution in [3.8, 4) is 0 Å². The third-order valence-corrected chi connectivity index (χ3v) is 6.11. The maximum absolute atomic E-state index is 12.2. The molecule has 3 aromatic rings. The van der Waals surface area contributed by atoms with Crippen LogP contribution in [0, 0.1) is 11.3 Å². The van der Waals surface area contributed by atoms with Crippen molar-refractivity contribution < 1.29 is 9.90 Å². The number of aromatic carboxylic acids is 1. The van der Waals surface area contributed by atoms with E-state index in [-0.39, 0.29) is 11.0 Å². The van der Waals surface area contributed by atoms with Gasteiger partial charge in [-0.1, -0.05) is 62.7 Å². The Morgan fingerprint density at radius 3 is 2.45 bits per heavy atom. The summed E-state index contributed by atoms with van der Waals surface area (Å²) in [6, 6.07) is 15.1. The van der Waals surface area contributed by atoms with E-state index in [4.69, 9.17) is 16.6 Å². The predicted molar refractivity (Wildman–Crippen MR) is 117 cm³/mol. The van der Waals surface area contributed by atoms with Crippen LogP contribution in [0.25, 0.3) is 22.6 Å². The van der Waals surface area contributed by atoms with Gasteiger partial charge in [0.05, 0.1) is 17.2 Å². The van der Waals surface area contributed by atoms with Gasteiger partial charge in [-0.2, -0.15) is 0 Å². The molecule has 29 heavy (non-hydrogen) atoms. The van der Waals surface area contributed by atoms with Gasteiger partial charge in [0, 0.05) is 16.0 Å². The van der Waals surface area contributed by atoms with Crippen molar-refractivity contribution in [3.63, 3.8) is 0 Å². The average Bonchev–Trinajstić information content (AvgIpc) is 2.67. The van der Waals surface area contributed by atoms with Crippen molar-refractivity contribution in [1.29, 1.82) is 0 Å². The summed E-state index contributed by atoms with van der Waals surface area (Å²) in [4.78, 5) is 17.1. The minimum Gasteiger partial charge on any atom is -0.545 e. The standard InChI is InChI=1S/C25H24ClNO2/c1-25(2,3)17-13-16(12-15-8-10-18(26)11-9-15)23-20(14-17)22(24(28)29)19-6-4-5-7-21(19)27-23/h4-12,17H,13-14H2,1-3H3,(H,28,29)/p-1/b16-12+/t17-/m0/s1. The number of nitrogens with zero attached hydrogens (tertiary/aromatic N) is 1. The second kappa shape index (κ2) is 7.31. The summed E-state index contributed by atoms with van der Waals surface area (Å²) in [5, 5.41) is 13.5.